The average molecular weight is 432 g/mol. The molecule has 9 heteroatoms. The van der Waals surface area contributed by atoms with Gasteiger partial charge in [-0.05, 0) is 60.1 Å². The Morgan fingerprint density at radius 3 is 1.41 bits per heavy atom. The highest BCUT2D eigenvalue weighted by atomic mass is 32.3. The van der Waals surface area contributed by atoms with Gasteiger partial charge in [0.1, 0.15) is 0 Å². The Balaban J connectivity index is 0.000000449. The Bertz CT molecular complexity index is 1110. The molecule has 0 spiro atoms. The molecule has 4 bridgehead atoms. The normalized spacial score (nSPS) is 17.0. The van der Waals surface area contributed by atoms with Crippen molar-refractivity contribution in [3.05, 3.63) is 58.7 Å². The molecule has 0 aliphatic carbocycles. The predicted octanol–water partition coefficient (Wildman–Crippen LogP) is 2.61. The van der Waals surface area contributed by atoms with E-state index in [9.17, 15) is 16.8 Å². The molecule has 2 heterocycles. The molecule has 2 aromatic carbocycles. The summed E-state index contributed by atoms with van der Waals surface area (Å²) in [6.07, 6.45) is 2.31. The van der Waals surface area contributed by atoms with Crippen molar-refractivity contribution in [2.75, 3.05) is 0 Å². The highest BCUT2D eigenvalue weighted by Crippen LogP contribution is 2.29. The van der Waals surface area contributed by atoms with E-state index < -0.39 is 20.0 Å². The fourth-order valence-corrected chi connectivity index (χ4v) is 6.73. The van der Waals surface area contributed by atoms with Crippen LogP contribution in [0.5, 0.6) is 0 Å². The molecular formula is C20H21N3O4S2. The number of fused-ring (bicyclic) bond motifs is 4. The van der Waals surface area contributed by atoms with Gasteiger partial charge in [0.25, 0.3) is 20.0 Å². The Labute approximate surface area is 171 Å². The van der Waals surface area contributed by atoms with Crippen LogP contribution in [0.2, 0.25) is 0 Å². The van der Waals surface area contributed by atoms with Gasteiger partial charge >= 0.3 is 0 Å². The van der Waals surface area contributed by atoms with E-state index >= 15 is 0 Å². The SMILES string of the molecule is CC#N.CC#N.O=S1(=O)NS(=O)(=O)c2cc3ccc2CCc2ccc(cc21)CC3. The number of benzene rings is 2. The highest BCUT2D eigenvalue weighted by molar-refractivity contribution is 8.04. The maximum atomic E-state index is 12.6. The topological polar surface area (TPSA) is 128 Å². The zero-order valence-electron chi connectivity index (χ0n) is 16.1. The second kappa shape index (κ2) is 9.19. The molecule has 2 aromatic rings. The van der Waals surface area contributed by atoms with Gasteiger partial charge in [0.2, 0.25) is 0 Å². The van der Waals surface area contributed by atoms with E-state index in [2.05, 4.69) is 0 Å². The van der Waals surface area contributed by atoms with Crippen LogP contribution in [0.15, 0.2) is 46.2 Å². The van der Waals surface area contributed by atoms with Gasteiger partial charge in [0.05, 0.1) is 21.9 Å². The van der Waals surface area contributed by atoms with E-state index in [4.69, 9.17) is 10.5 Å². The minimum absolute atomic E-state index is 0.0761. The lowest BCUT2D eigenvalue weighted by atomic mass is 9.96. The number of nitriles is 2. The predicted molar refractivity (Wildman–Crippen MR) is 108 cm³/mol. The lowest BCUT2D eigenvalue weighted by Gasteiger charge is -2.12. The third-order valence-corrected chi connectivity index (χ3v) is 8.10. The van der Waals surface area contributed by atoms with Gasteiger partial charge in [-0.15, -0.1) is 4.13 Å². The first-order chi connectivity index (χ1) is 13.7. The van der Waals surface area contributed by atoms with E-state index in [1.807, 2.05) is 16.3 Å². The second-order valence-electron chi connectivity index (χ2n) is 6.42. The van der Waals surface area contributed by atoms with Crippen molar-refractivity contribution >= 4 is 20.0 Å². The Morgan fingerprint density at radius 1 is 0.724 bits per heavy atom. The molecule has 0 unspecified atom stereocenters. The van der Waals surface area contributed by atoms with Crippen LogP contribution in [-0.4, -0.2) is 16.8 Å². The first-order valence-electron chi connectivity index (χ1n) is 8.82. The van der Waals surface area contributed by atoms with Crippen molar-refractivity contribution in [3.8, 4) is 12.1 Å². The van der Waals surface area contributed by atoms with Crippen molar-refractivity contribution in [3.63, 3.8) is 0 Å². The van der Waals surface area contributed by atoms with Crippen LogP contribution >= 0.6 is 0 Å². The summed E-state index contributed by atoms with van der Waals surface area (Å²) < 4.78 is 52.4. The molecule has 0 radical (unpaired) electrons. The number of hydrogen-bond donors (Lipinski definition) is 1. The molecule has 0 atom stereocenters. The van der Waals surface area contributed by atoms with Crippen LogP contribution in [0.1, 0.15) is 36.1 Å². The molecule has 0 aromatic heterocycles. The second-order valence-corrected chi connectivity index (χ2v) is 9.98. The number of hydrogen-bond acceptors (Lipinski definition) is 6. The van der Waals surface area contributed by atoms with E-state index in [1.165, 1.54) is 13.8 Å². The van der Waals surface area contributed by atoms with E-state index in [1.54, 1.807) is 36.4 Å². The molecule has 152 valence electrons. The molecule has 0 saturated heterocycles. The Morgan fingerprint density at radius 2 is 1.07 bits per heavy atom. The summed E-state index contributed by atoms with van der Waals surface area (Å²) in [6.45, 7) is 2.86. The number of rotatable bonds is 0. The largest absolute Gasteiger partial charge is 0.254 e. The smallest absolute Gasteiger partial charge is 0.206 e. The number of sulfonamides is 2. The van der Waals surface area contributed by atoms with Gasteiger partial charge in [-0.25, -0.2) is 16.8 Å². The van der Waals surface area contributed by atoms with Gasteiger partial charge in [0, 0.05) is 13.8 Å². The third kappa shape index (κ3) is 5.21. The zero-order valence-corrected chi connectivity index (χ0v) is 17.8. The maximum Gasteiger partial charge on any atom is 0.254 e. The van der Waals surface area contributed by atoms with Crippen molar-refractivity contribution in [2.24, 2.45) is 0 Å². The zero-order chi connectivity index (χ0) is 21.7. The quantitative estimate of drug-likeness (QED) is 0.683. The summed E-state index contributed by atoms with van der Waals surface area (Å²) in [4.78, 5) is 0.152. The fraction of sp³-hybridized carbons (Fsp3) is 0.300. The van der Waals surface area contributed by atoms with Crippen LogP contribution in [0.4, 0.5) is 0 Å². The van der Waals surface area contributed by atoms with Crippen molar-refractivity contribution < 1.29 is 16.8 Å². The Hall–Kier alpha value is -2.72. The van der Waals surface area contributed by atoms with Gasteiger partial charge in [-0.1, -0.05) is 24.3 Å². The van der Waals surface area contributed by atoms with E-state index in [-0.39, 0.29) is 9.79 Å². The number of nitrogens with zero attached hydrogens (tertiary/aromatic N) is 2. The maximum absolute atomic E-state index is 12.6. The highest BCUT2D eigenvalue weighted by Gasteiger charge is 2.31. The van der Waals surface area contributed by atoms with Crippen molar-refractivity contribution in [2.45, 2.75) is 49.3 Å². The van der Waals surface area contributed by atoms with Crippen LogP contribution in [0.25, 0.3) is 0 Å². The minimum Gasteiger partial charge on any atom is -0.206 e. The molecule has 0 fully saturated rings. The fourth-order valence-electron chi connectivity index (χ4n) is 3.21. The molecule has 4 rings (SSSR count). The lowest BCUT2D eigenvalue weighted by molar-refractivity contribution is 0.576. The summed E-state index contributed by atoms with van der Waals surface area (Å²) in [5, 5.41) is 14.6. The molecule has 29 heavy (non-hydrogen) atoms. The summed E-state index contributed by atoms with van der Waals surface area (Å²) in [5.41, 5.74) is 3.07. The summed E-state index contributed by atoms with van der Waals surface area (Å²) in [5.74, 6) is 0. The number of nitrogens with one attached hydrogen (secondary N) is 1. The molecule has 0 amide bonds. The standard InChI is InChI=1S/C16H15NO4S2.2C2H3N/c18-22(19)15-9-11-1-2-12-4-6-14(8-7-13(15)5-3-11)16(10-12)23(20,21)17-22;2*1-2-3/h3-6,9-10,17H,1-2,7-8H2;2*1H3. The van der Waals surface area contributed by atoms with Crippen molar-refractivity contribution in [1.82, 2.24) is 4.13 Å². The summed E-state index contributed by atoms with van der Waals surface area (Å²) in [6, 6.07) is 14.2. The molecule has 2 aliphatic rings. The minimum atomic E-state index is -4.12. The van der Waals surface area contributed by atoms with Crippen LogP contribution in [0, 0.1) is 22.7 Å². The van der Waals surface area contributed by atoms with Crippen LogP contribution in [-0.2, 0) is 45.7 Å². The van der Waals surface area contributed by atoms with Gasteiger partial charge in [0.15, 0.2) is 0 Å². The van der Waals surface area contributed by atoms with Crippen LogP contribution in [0.3, 0.4) is 0 Å². The average Bonchev–Trinajstić information content (AvgIpc) is 2.65. The molecule has 2 aliphatic heterocycles. The van der Waals surface area contributed by atoms with Gasteiger partial charge < -0.3 is 0 Å². The van der Waals surface area contributed by atoms with Gasteiger partial charge in [-0.3, -0.25) is 0 Å². The van der Waals surface area contributed by atoms with E-state index in [0.29, 0.717) is 36.8 Å². The Kier molecular flexibility index (Phi) is 7.15. The lowest BCUT2D eigenvalue weighted by Crippen LogP contribution is -2.31. The molecule has 7 nitrogen and oxygen atoms in total. The summed E-state index contributed by atoms with van der Waals surface area (Å²) in [7, 11) is -8.25. The first kappa shape index (κ1) is 22.6. The number of aryl methyl sites for hydroxylation is 4. The van der Waals surface area contributed by atoms with Crippen LogP contribution < -0.4 is 4.13 Å². The van der Waals surface area contributed by atoms with Crippen molar-refractivity contribution in [1.29, 1.82) is 10.5 Å². The van der Waals surface area contributed by atoms with E-state index in [0.717, 1.165) is 11.1 Å². The third-order valence-electron chi connectivity index (χ3n) is 4.43. The molecule has 0 saturated carbocycles. The van der Waals surface area contributed by atoms with Gasteiger partial charge in [-0.2, -0.15) is 10.5 Å². The summed E-state index contributed by atoms with van der Waals surface area (Å²) >= 11 is 0. The molecular weight excluding hydrogens is 410 g/mol. The molecule has 1 N–H and O–H groups in total. The first-order valence-corrected chi connectivity index (χ1v) is 11.8. The monoisotopic (exact) mass is 431 g/mol.